The third kappa shape index (κ3) is 5.26. The number of halogens is 2. The van der Waals surface area contributed by atoms with E-state index in [-0.39, 0.29) is 10.9 Å². The summed E-state index contributed by atoms with van der Waals surface area (Å²) < 4.78 is 31.6. The molecule has 1 aromatic heterocycles. The van der Waals surface area contributed by atoms with Gasteiger partial charge in [0.05, 0.1) is 24.1 Å². The van der Waals surface area contributed by atoms with Gasteiger partial charge in [-0.1, -0.05) is 30.3 Å². The summed E-state index contributed by atoms with van der Waals surface area (Å²) in [5, 5.41) is 10.5. The van der Waals surface area contributed by atoms with Crippen LogP contribution in [0.1, 0.15) is 16.7 Å². The van der Waals surface area contributed by atoms with Crippen molar-refractivity contribution in [1.82, 2.24) is 9.78 Å². The predicted molar refractivity (Wildman–Crippen MR) is 110 cm³/mol. The Hall–Kier alpha value is -3.00. The smallest absolute Gasteiger partial charge is 0.387 e. The fraction of sp³-hybridized carbons (Fsp3) is 0.200. The largest absolute Gasteiger partial charge is 0.433 e. The Labute approximate surface area is 167 Å². The summed E-state index contributed by atoms with van der Waals surface area (Å²) in [5.41, 5.74) is 4.21. The Morgan fingerprint density at radius 1 is 1.18 bits per heavy atom. The topological polar surface area (TPSA) is 51.1 Å². The number of ether oxygens (including phenoxy) is 1. The molecule has 0 spiro atoms. The summed E-state index contributed by atoms with van der Waals surface area (Å²) in [7, 11) is 0. The molecule has 1 heterocycles. The van der Waals surface area contributed by atoms with Crippen LogP contribution in [-0.2, 0) is 6.54 Å². The molecule has 0 saturated carbocycles. The SMILES string of the molecule is Cc1ccc(NC(=S)Nc2cnn(Cc3ccccc3C)c2)c(OC(F)F)c1. The first kappa shape index (κ1) is 19.8. The van der Waals surface area contributed by atoms with Crippen molar-refractivity contribution in [2.24, 2.45) is 0 Å². The van der Waals surface area contributed by atoms with E-state index in [1.807, 2.05) is 18.3 Å². The average Bonchev–Trinajstić information content (AvgIpc) is 3.06. The minimum Gasteiger partial charge on any atom is -0.433 e. The van der Waals surface area contributed by atoms with Crippen LogP contribution < -0.4 is 15.4 Å². The molecule has 0 amide bonds. The number of nitrogens with one attached hydrogen (secondary N) is 2. The molecule has 28 heavy (non-hydrogen) atoms. The van der Waals surface area contributed by atoms with Crippen LogP contribution >= 0.6 is 12.2 Å². The van der Waals surface area contributed by atoms with Gasteiger partial charge in [-0.15, -0.1) is 0 Å². The lowest BCUT2D eigenvalue weighted by atomic mass is 10.1. The second-order valence-corrected chi connectivity index (χ2v) is 6.72. The summed E-state index contributed by atoms with van der Waals surface area (Å²) in [6, 6.07) is 13.0. The van der Waals surface area contributed by atoms with Gasteiger partial charge >= 0.3 is 6.61 Å². The molecule has 3 aromatic rings. The van der Waals surface area contributed by atoms with E-state index in [4.69, 9.17) is 12.2 Å². The Morgan fingerprint density at radius 3 is 2.71 bits per heavy atom. The van der Waals surface area contributed by atoms with Crippen LogP contribution in [0.15, 0.2) is 54.9 Å². The Balaban J connectivity index is 1.65. The fourth-order valence-corrected chi connectivity index (χ4v) is 2.92. The molecule has 146 valence electrons. The fourth-order valence-electron chi connectivity index (χ4n) is 2.69. The van der Waals surface area contributed by atoms with Gasteiger partial charge in [-0.3, -0.25) is 4.68 Å². The number of rotatable bonds is 6. The standard InChI is InChI=1S/C20H20F2N4OS/c1-13-7-8-17(18(9-13)27-19(21)22)25-20(28)24-16-10-23-26(12-16)11-15-6-4-3-5-14(15)2/h3-10,12,19H,11H2,1-2H3,(H2,24,25,28). The van der Waals surface area contributed by atoms with Crippen LogP contribution in [0.25, 0.3) is 0 Å². The number of alkyl halides is 2. The minimum atomic E-state index is -2.91. The van der Waals surface area contributed by atoms with Gasteiger partial charge in [0.1, 0.15) is 5.75 Å². The highest BCUT2D eigenvalue weighted by molar-refractivity contribution is 7.80. The number of hydrogen-bond donors (Lipinski definition) is 2. The Morgan fingerprint density at radius 2 is 1.96 bits per heavy atom. The molecule has 2 N–H and O–H groups in total. The number of hydrogen-bond acceptors (Lipinski definition) is 3. The third-order valence-electron chi connectivity index (χ3n) is 4.09. The van der Waals surface area contributed by atoms with Crippen molar-refractivity contribution in [1.29, 1.82) is 0 Å². The van der Waals surface area contributed by atoms with Crippen LogP contribution in [0.2, 0.25) is 0 Å². The lowest BCUT2D eigenvalue weighted by Gasteiger charge is -2.14. The second kappa shape index (κ2) is 8.79. The zero-order chi connectivity index (χ0) is 20.1. The van der Waals surface area contributed by atoms with Gasteiger partial charge in [0.2, 0.25) is 0 Å². The zero-order valence-corrected chi connectivity index (χ0v) is 16.3. The van der Waals surface area contributed by atoms with Gasteiger partial charge in [0.25, 0.3) is 0 Å². The molecular formula is C20H20F2N4OS. The second-order valence-electron chi connectivity index (χ2n) is 6.31. The summed E-state index contributed by atoms with van der Waals surface area (Å²) in [5.74, 6) is 0.0365. The quantitative estimate of drug-likeness (QED) is 0.571. The average molecular weight is 402 g/mol. The van der Waals surface area contributed by atoms with Crippen LogP contribution in [0, 0.1) is 13.8 Å². The highest BCUT2D eigenvalue weighted by Crippen LogP contribution is 2.27. The van der Waals surface area contributed by atoms with Crippen molar-refractivity contribution in [3.63, 3.8) is 0 Å². The summed E-state index contributed by atoms with van der Waals surface area (Å²) in [4.78, 5) is 0. The van der Waals surface area contributed by atoms with E-state index in [0.29, 0.717) is 17.9 Å². The van der Waals surface area contributed by atoms with Gasteiger partial charge in [-0.05, 0) is 54.9 Å². The van der Waals surface area contributed by atoms with Gasteiger partial charge < -0.3 is 15.4 Å². The lowest BCUT2D eigenvalue weighted by Crippen LogP contribution is -2.19. The number of thiocarbonyl (C=S) groups is 1. The maximum Gasteiger partial charge on any atom is 0.387 e. The van der Waals surface area contributed by atoms with E-state index in [1.54, 1.807) is 29.9 Å². The highest BCUT2D eigenvalue weighted by atomic mass is 32.1. The summed E-state index contributed by atoms with van der Waals surface area (Å²) in [6.45, 7) is 1.57. The van der Waals surface area contributed by atoms with E-state index >= 15 is 0 Å². The normalized spacial score (nSPS) is 10.8. The number of anilines is 2. The van der Waals surface area contributed by atoms with Crippen LogP contribution in [0.4, 0.5) is 20.2 Å². The predicted octanol–water partition coefficient (Wildman–Crippen LogP) is 4.96. The van der Waals surface area contributed by atoms with E-state index in [9.17, 15) is 8.78 Å². The van der Waals surface area contributed by atoms with Gasteiger partial charge in [0.15, 0.2) is 5.11 Å². The van der Waals surface area contributed by atoms with Crippen LogP contribution in [0.5, 0.6) is 5.75 Å². The van der Waals surface area contributed by atoms with Crippen molar-refractivity contribution in [3.05, 3.63) is 71.5 Å². The Bertz CT molecular complexity index is 974. The molecule has 3 rings (SSSR count). The van der Waals surface area contributed by atoms with E-state index in [1.165, 1.54) is 17.2 Å². The maximum absolute atomic E-state index is 12.6. The molecule has 0 unspecified atom stereocenters. The molecule has 0 atom stereocenters. The molecule has 0 aliphatic heterocycles. The molecular weight excluding hydrogens is 382 g/mol. The zero-order valence-electron chi connectivity index (χ0n) is 15.4. The highest BCUT2D eigenvalue weighted by Gasteiger charge is 2.12. The van der Waals surface area contributed by atoms with Crippen LogP contribution in [0.3, 0.4) is 0 Å². The molecule has 0 aliphatic carbocycles. The first-order valence-electron chi connectivity index (χ1n) is 8.61. The van der Waals surface area contributed by atoms with E-state index in [0.717, 1.165) is 5.56 Å². The van der Waals surface area contributed by atoms with E-state index < -0.39 is 6.61 Å². The van der Waals surface area contributed by atoms with Crippen molar-refractivity contribution in [3.8, 4) is 5.75 Å². The van der Waals surface area contributed by atoms with Crippen molar-refractivity contribution < 1.29 is 13.5 Å². The monoisotopic (exact) mass is 402 g/mol. The number of aryl methyl sites for hydroxylation is 2. The maximum atomic E-state index is 12.6. The Kier molecular flexibility index (Phi) is 6.20. The molecule has 5 nitrogen and oxygen atoms in total. The van der Waals surface area contributed by atoms with Crippen molar-refractivity contribution in [2.75, 3.05) is 10.6 Å². The van der Waals surface area contributed by atoms with Crippen molar-refractivity contribution in [2.45, 2.75) is 27.0 Å². The number of benzene rings is 2. The molecule has 8 heteroatoms. The van der Waals surface area contributed by atoms with Crippen molar-refractivity contribution >= 4 is 28.7 Å². The van der Waals surface area contributed by atoms with Gasteiger partial charge in [0, 0.05) is 6.20 Å². The number of nitrogens with zero attached hydrogens (tertiary/aromatic N) is 2. The lowest BCUT2D eigenvalue weighted by molar-refractivity contribution is -0.0493. The third-order valence-corrected chi connectivity index (χ3v) is 4.29. The molecule has 2 aromatic carbocycles. The van der Waals surface area contributed by atoms with Crippen LogP contribution in [-0.4, -0.2) is 21.5 Å². The molecule has 0 aliphatic rings. The first-order valence-corrected chi connectivity index (χ1v) is 9.02. The van der Waals surface area contributed by atoms with E-state index in [2.05, 4.69) is 39.5 Å². The summed E-state index contributed by atoms with van der Waals surface area (Å²) in [6.07, 6.45) is 3.48. The summed E-state index contributed by atoms with van der Waals surface area (Å²) >= 11 is 5.28. The molecule has 0 bridgehead atoms. The van der Waals surface area contributed by atoms with Gasteiger partial charge in [-0.2, -0.15) is 13.9 Å². The number of aromatic nitrogens is 2. The molecule has 0 radical (unpaired) electrons. The first-order chi connectivity index (χ1) is 13.4. The van der Waals surface area contributed by atoms with Gasteiger partial charge in [-0.25, -0.2) is 0 Å². The molecule has 0 fully saturated rings. The molecule has 0 saturated heterocycles. The minimum absolute atomic E-state index is 0.0365.